The van der Waals surface area contributed by atoms with E-state index < -0.39 is 0 Å². The van der Waals surface area contributed by atoms with Crippen LogP contribution in [0, 0.1) is 5.92 Å². The molecule has 0 radical (unpaired) electrons. The quantitative estimate of drug-likeness (QED) is 0.778. The number of piperazine rings is 1. The first-order valence-electron chi connectivity index (χ1n) is 7.98. The molecule has 0 aromatic rings. The van der Waals surface area contributed by atoms with Crippen molar-refractivity contribution in [1.29, 1.82) is 0 Å². The highest BCUT2D eigenvalue weighted by molar-refractivity contribution is 4.98. The molecule has 1 fully saturated rings. The Kier molecular flexibility index (Phi) is 6.13. The Labute approximate surface area is 115 Å². The fourth-order valence-corrected chi connectivity index (χ4v) is 3.22. The van der Waals surface area contributed by atoms with E-state index in [1.807, 2.05) is 0 Å². The van der Waals surface area contributed by atoms with E-state index in [0.717, 1.165) is 12.0 Å². The number of hydrogen-bond acceptors (Lipinski definition) is 2. The standard InChI is InChI=1S/C16H34N2/c1-7-14(6)18-12-16(8-2,9-3)17-11-15(18)10-13(4)5/h13-15,17H,7-12H2,1-6H3. The van der Waals surface area contributed by atoms with E-state index in [2.05, 4.69) is 51.8 Å². The van der Waals surface area contributed by atoms with Crippen molar-refractivity contribution in [3.8, 4) is 0 Å². The molecule has 1 rings (SSSR count). The zero-order valence-electron chi connectivity index (χ0n) is 13.4. The smallest absolute Gasteiger partial charge is 0.0304 e. The minimum atomic E-state index is 0.358. The van der Waals surface area contributed by atoms with E-state index in [0.29, 0.717) is 11.6 Å². The molecule has 1 aliphatic heterocycles. The van der Waals surface area contributed by atoms with Crippen molar-refractivity contribution < 1.29 is 0 Å². The molecule has 0 bridgehead atoms. The van der Waals surface area contributed by atoms with E-state index in [1.54, 1.807) is 0 Å². The van der Waals surface area contributed by atoms with Crippen LogP contribution in [0.4, 0.5) is 0 Å². The summed E-state index contributed by atoms with van der Waals surface area (Å²) in [5.41, 5.74) is 0.358. The third-order valence-corrected chi connectivity index (χ3v) is 4.92. The second-order valence-electron chi connectivity index (χ2n) is 6.58. The third-order valence-electron chi connectivity index (χ3n) is 4.92. The average molecular weight is 254 g/mol. The Hall–Kier alpha value is -0.0800. The van der Waals surface area contributed by atoms with Gasteiger partial charge in [0.05, 0.1) is 0 Å². The highest BCUT2D eigenvalue weighted by atomic mass is 15.3. The van der Waals surface area contributed by atoms with E-state index >= 15 is 0 Å². The maximum atomic E-state index is 3.85. The maximum Gasteiger partial charge on any atom is 0.0304 e. The molecule has 1 saturated heterocycles. The fraction of sp³-hybridized carbons (Fsp3) is 1.00. The van der Waals surface area contributed by atoms with Gasteiger partial charge in [-0.2, -0.15) is 0 Å². The highest BCUT2D eigenvalue weighted by Gasteiger charge is 2.38. The third kappa shape index (κ3) is 3.71. The van der Waals surface area contributed by atoms with E-state index in [9.17, 15) is 0 Å². The molecular formula is C16H34N2. The summed E-state index contributed by atoms with van der Waals surface area (Å²) in [5.74, 6) is 0.791. The van der Waals surface area contributed by atoms with Crippen LogP contribution in [0.3, 0.4) is 0 Å². The van der Waals surface area contributed by atoms with Crippen LogP contribution in [0.25, 0.3) is 0 Å². The lowest BCUT2D eigenvalue weighted by atomic mass is 9.86. The van der Waals surface area contributed by atoms with Gasteiger partial charge in [0.15, 0.2) is 0 Å². The minimum absolute atomic E-state index is 0.358. The molecule has 0 saturated carbocycles. The predicted molar refractivity (Wildman–Crippen MR) is 81.0 cm³/mol. The molecule has 2 nitrogen and oxygen atoms in total. The summed E-state index contributed by atoms with van der Waals surface area (Å²) in [7, 11) is 0. The van der Waals surface area contributed by atoms with Crippen molar-refractivity contribution in [3.63, 3.8) is 0 Å². The topological polar surface area (TPSA) is 15.3 Å². The van der Waals surface area contributed by atoms with Crippen molar-refractivity contribution in [3.05, 3.63) is 0 Å². The first-order valence-corrected chi connectivity index (χ1v) is 7.98. The van der Waals surface area contributed by atoms with Crippen molar-refractivity contribution >= 4 is 0 Å². The second kappa shape index (κ2) is 6.91. The van der Waals surface area contributed by atoms with Gasteiger partial charge in [0.1, 0.15) is 0 Å². The molecule has 0 amide bonds. The van der Waals surface area contributed by atoms with Gasteiger partial charge in [0, 0.05) is 30.7 Å². The van der Waals surface area contributed by atoms with Crippen LogP contribution in [0.1, 0.15) is 67.2 Å². The van der Waals surface area contributed by atoms with Gasteiger partial charge in [-0.05, 0) is 38.5 Å². The summed E-state index contributed by atoms with van der Waals surface area (Å²) in [5, 5.41) is 3.85. The lowest BCUT2D eigenvalue weighted by Crippen LogP contribution is -2.65. The molecule has 2 atom stereocenters. The second-order valence-corrected chi connectivity index (χ2v) is 6.58. The molecule has 0 aromatic carbocycles. The van der Waals surface area contributed by atoms with Gasteiger partial charge >= 0.3 is 0 Å². The average Bonchev–Trinajstić information content (AvgIpc) is 2.38. The molecular weight excluding hydrogens is 220 g/mol. The van der Waals surface area contributed by atoms with Gasteiger partial charge in [-0.1, -0.05) is 34.6 Å². The zero-order chi connectivity index (χ0) is 13.8. The number of rotatable bonds is 6. The Balaban J connectivity index is 2.78. The lowest BCUT2D eigenvalue weighted by Gasteiger charge is -2.50. The molecule has 1 heterocycles. The van der Waals surface area contributed by atoms with Gasteiger partial charge in [-0.3, -0.25) is 4.90 Å². The molecule has 108 valence electrons. The first kappa shape index (κ1) is 16.0. The predicted octanol–water partition coefficient (Wildman–Crippen LogP) is 3.66. The van der Waals surface area contributed by atoms with E-state index in [-0.39, 0.29) is 0 Å². The fourth-order valence-electron chi connectivity index (χ4n) is 3.22. The Morgan fingerprint density at radius 1 is 1.17 bits per heavy atom. The van der Waals surface area contributed by atoms with Crippen LogP contribution in [0.5, 0.6) is 0 Å². The van der Waals surface area contributed by atoms with Crippen LogP contribution >= 0.6 is 0 Å². The molecule has 2 heteroatoms. The van der Waals surface area contributed by atoms with Crippen LogP contribution in [-0.2, 0) is 0 Å². The summed E-state index contributed by atoms with van der Waals surface area (Å²) < 4.78 is 0. The summed E-state index contributed by atoms with van der Waals surface area (Å²) in [6.07, 6.45) is 5.06. The molecule has 0 aliphatic carbocycles. The van der Waals surface area contributed by atoms with Crippen LogP contribution in [-0.4, -0.2) is 35.6 Å². The SMILES string of the molecule is CCC(C)N1CC(CC)(CC)NCC1CC(C)C. The minimum Gasteiger partial charge on any atom is -0.308 e. The highest BCUT2D eigenvalue weighted by Crippen LogP contribution is 2.27. The zero-order valence-corrected chi connectivity index (χ0v) is 13.4. The molecule has 1 N–H and O–H groups in total. The van der Waals surface area contributed by atoms with Crippen molar-refractivity contribution in [1.82, 2.24) is 10.2 Å². The molecule has 0 spiro atoms. The number of nitrogens with zero attached hydrogens (tertiary/aromatic N) is 1. The van der Waals surface area contributed by atoms with Gasteiger partial charge in [0.2, 0.25) is 0 Å². The lowest BCUT2D eigenvalue weighted by molar-refractivity contribution is 0.0320. The summed E-state index contributed by atoms with van der Waals surface area (Å²) in [4.78, 5) is 2.78. The first-order chi connectivity index (χ1) is 8.48. The number of nitrogens with one attached hydrogen (secondary N) is 1. The molecule has 18 heavy (non-hydrogen) atoms. The van der Waals surface area contributed by atoms with Crippen molar-refractivity contribution in [2.75, 3.05) is 13.1 Å². The van der Waals surface area contributed by atoms with Gasteiger partial charge in [-0.25, -0.2) is 0 Å². The summed E-state index contributed by atoms with van der Waals surface area (Å²) >= 11 is 0. The van der Waals surface area contributed by atoms with E-state index in [4.69, 9.17) is 0 Å². The summed E-state index contributed by atoms with van der Waals surface area (Å²) in [6, 6.07) is 1.44. The monoisotopic (exact) mass is 254 g/mol. The Morgan fingerprint density at radius 3 is 2.22 bits per heavy atom. The summed E-state index contributed by atoms with van der Waals surface area (Å²) in [6.45, 7) is 16.5. The number of hydrogen-bond donors (Lipinski definition) is 1. The Bertz CT molecular complexity index is 233. The van der Waals surface area contributed by atoms with Gasteiger partial charge in [-0.15, -0.1) is 0 Å². The molecule has 2 unspecified atom stereocenters. The Morgan fingerprint density at radius 2 is 1.78 bits per heavy atom. The van der Waals surface area contributed by atoms with Gasteiger partial charge in [0.25, 0.3) is 0 Å². The van der Waals surface area contributed by atoms with E-state index in [1.165, 1.54) is 38.8 Å². The van der Waals surface area contributed by atoms with Crippen LogP contribution in [0.2, 0.25) is 0 Å². The normalized spacial score (nSPS) is 26.5. The van der Waals surface area contributed by atoms with Crippen molar-refractivity contribution in [2.24, 2.45) is 5.92 Å². The van der Waals surface area contributed by atoms with Crippen LogP contribution < -0.4 is 5.32 Å². The van der Waals surface area contributed by atoms with Gasteiger partial charge < -0.3 is 5.32 Å². The largest absolute Gasteiger partial charge is 0.308 e. The maximum absolute atomic E-state index is 3.85. The van der Waals surface area contributed by atoms with Crippen molar-refractivity contribution in [2.45, 2.75) is 84.8 Å². The van der Waals surface area contributed by atoms with Crippen LogP contribution in [0.15, 0.2) is 0 Å². The molecule has 1 aliphatic rings. The molecule has 0 aromatic heterocycles.